The molecular weight excluding hydrogens is 308 g/mol. The minimum atomic E-state index is 0.292. The van der Waals surface area contributed by atoms with Gasteiger partial charge in [0.05, 0.1) is 13.2 Å². The van der Waals surface area contributed by atoms with Gasteiger partial charge < -0.3 is 9.30 Å². The molecule has 0 saturated heterocycles. The highest BCUT2D eigenvalue weighted by atomic mass is 16.5. The summed E-state index contributed by atoms with van der Waals surface area (Å²) >= 11 is 0. The first-order valence-electron chi connectivity index (χ1n) is 8.92. The second-order valence-corrected chi connectivity index (χ2v) is 6.61. The Balaban J connectivity index is 1.68. The first-order valence-corrected chi connectivity index (χ1v) is 8.92. The molecule has 3 nitrogen and oxygen atoms in total. The van der Waals surface area contributed by atoms with Crippen LogP contribution in [0.15, 0.2) is 72.9 Å². The lowest BCUT2D eigenvalue weighted by molar-refractivity contribution is 0.220. The third kappa shape index (κ3) is 3.33. The fourth-order valence-electron chi connectivity index (χ4n) is 3.79. The van der Waals surface area contributed by atoms with E-state index >= 15 is 0 Å². The molecule has 0 amide bonds. The molecule has 0 saturated carbocycles. The summed E-state index contributed by atoms with van der Waals surface area (Å²) in [6.07, 6.45) is 3.38. The minimum Gasteiger partial charge on any atom is -0.497 e. The van der Waals surface area contributed by atoms with Crippen molar-refractivity contribution in [1.82, 2.24) is 9.47 Å². The number of aryl methyl sites for hydroxylation is 1. The SMILES string of the molecule is COc1ccc(CN2CCCn3cccc3[C@H]2c2ccccc2)cc1. The van der Waals surface area contributed by atoms with Crippen LogP contribution in [0.4, 0.5) is 0 Å². The summed E-state index contributed by atoms with van der Waals surface area (Å²) in [7, 11) is 1.71. The van der Waals surface area contributed by atoms with E-state index in [-0.39, 0.29) is 0 Å². The fraction of sp³-hybridized carbons (Fsp3) is 0.273. The highest BCUT2D eigenvalue weighted by Crippen LogP contribution is 2.33. The van der Waals surface area contributed by atoms with Gasteiger partial charge in [-0.05, 0) is 41.8 Å². The van der Waals surface area contributed by atoms with Crippen LogP contribution in [0.25, 0.3) is 0 Å². The summed E-state index contributed by atoms with van der Waals surface area (Å²) < 4.78 is 7.70. The molecule has 1 aromatic heterocycles. The van der Waals surface area contributed by atoms with E-state index in [1.165, 1.54) is 23.2 Å². The number of benzene rings is 2. The topological polar surface area (TPSA) is 17.4 Å². The molecule has 2 heterocycles. The Hall–Kier alpha value is -2.52. The lowest BCUT2D eigenvalue weighted by Crippen LogP contribution is -2.29. The summed E-state index contributed by atoms with van der Waals surface area (Å²) in [5, 5.41) is 0. The van der Waals surface area contributed by atoms with E-state index in [0.29, 0.717) is 6.04 Å². The number of hydrogen-bond acceptors (Lipinski definition) is 2. The predicted octanol–water partition coefficient (Wildman–Crippen LogP) is 4.49. The van der Waals surface area contributed by atoms with Gasteiger partial charge in [0.15, 0.2) is 0 Å². The molecule has 1 aliphatic rings. The van der Waals surface area contributed by atoms with E-state index in [1.54, 1.807) is 7.11 Å². The summed E-state index contributed by atoms with van der Waals surface area (Å²) in [4.78, 5) is 2.59. The molecule has 25 heavy (non-hydrogen) atoms. The third-order valence-electron chi connectivity index (χ3n) is 5.01. The maximum atomic E-state index is 5.29. The van der Waals surface area contributed by atoms with Gasteiger partial charge in [-0.2, -0.15) is 0 Å². The zero-order valence-electron chi connectivity index (χ0n) is 14.6. The van der Waals surface area contributed by atoms with Crippen molar-refractivity contribution >= 4 is 0 Å². The highest BCUT2D eigenvalue weighted by Gasteiger charge is 2.27. The summed E-state index contributed by atoms with van der Waals surface area (Å²) in [5.41, 5.74) is 4.07. The Labute approximate surface area is 149 Å². The lowest BCUT2D eigenvalue weighted by Gasteiger charge is -2.30. The standard InChI is InChI=1S/C22H24N2O/c1-25-20-12-10-18(11-13-20)17-24-16-6-15-23-14-5-9-21(23)22(24)19-7-3-2-4-8-19/h2-5,7-14,22H,6,15-17H2,1H3/t22-/m1/s1. The molecule has 2 aromatic carbocycles. The van der Waals surface area contributed by atoms with Gasteiger partial charge in [0.25, 0.3) is 0 Å². The first kappa shape index (κ1) is 16.0. The number of rotatable bonds is 4. The zero-order chi connectivity index (χ0) is 17.1. The average molecular weight is 332 g/mol. The van der Waals surface area contributed by atoms with Crippen molar-refractivity contribution in [2.75, 3.05) is 13.7 Å². The number of aromatic nitrogens is 1. The Morgan fingerprint density at radius 1 is 0.920 bits per heavy atom. The Morgan fingerprint density at radius 2 is 1.72 bits per heavy atom. The van der Waals surface area contributed by atoms with Crippen molar-refractivity contribution in [2.24, 2.45) is 0 Å². The molecule has 0 aliphatic carbocycles. The van der Waals surface area contributed by atoms with Crippen molar-refractivity contribution < 1.29 is 4.74 Å². The van der Waals surface area contributed by atoms with Crippen LogP contribution in [0, 0.1) is 0 Å². The Morgan fingerprint density at radius 3 is 2.48 bits per heavy atom. The van der Waals surface area contributed by atoms with Crippen molar-refractivity contribution in [2.45, 2.75) is 25.6 Å². The molecule has 0 fully saturated rings. The molecule has 1 aliphatic heterocycles. The second kappa shape index (κ2) is 7.16. The minimum absolute atomic E-state index is 0.292. The van der Waals surface area contributed by atoms with Crippen molar-refractivity contribution in [3.63, 3.8) is 0 Å². The molecule has 0 spiro atoms. The maximum Gasteiger partial charge on any atom is 0.118 e. The van der Waals surface area contributed by atoms with Crippen LogP contribution in [-0.2, 0) is 13.1 Å². The van der Waals surface area contributed by atoms with Crippen LogP contribution in [0.2, 0.25) is 0 Å². The summed E-state index contributed by atoms with van der Waals surface area (Å²) in [6.45, 7) is 3.12. The molecule has 128 valence electrons. The number of methoxy groups -OCH3 is 1. The smallest absolute Gasteiger partial charge is 0.118 e. The molecule has 1 atom stereocenters. The van der Waals surface area contributed by atoms with Crippen LogP contribution >= 0.6 is 0 Å². The van der Waals surface area contributed by atoms with E-state index in [4.69, 9.17) is 4.74 Å². The van der Waals surface area contributed by atoms with Gasteiger partial charge in [-0.15, -0.1) is 0 Å². The molecule has 0 bridgehead atoms. The number of hydrogen-bond donors (Lipinski definition) is 0. The largest absolute Gasteiger partial charge is 0.497 e. The van der Waals surface area contributed by atoms with E-state index in [9.17, 15) is 0 Å². The highest BCUT2D eigenvalue weighted by molar-refractivity contribution is 5.31. The Bertz CT molecular complexity index is 808. The number of fused-ring (bicyclic) bond motifs is 1. The van der Waals surface area contributed by atoms with Crippen molar-refractivity contribution in [1.29, 1.82) is 0 Å². The van der Waals surface area contributed by atoms with Gasteiger partial charge in [-0.1, -0.05) is 42.5 Å². The van der Waals surface area contributed by atoms with Gasteiger partial charge in [-0.3, -0.25) is 4.90 Å². The van der Waals surface area contributed by atoms with Crippen LogP contribution in [0.5, 0.6) is 5.75 Å². The van der Waals surface area contributed by atoms with Crippen LogP contribution in [-0.4, -0.2) is 23.1 Å². The average Bonchev–Trinajstić information content (AvgIpc) is 3.04. The van der Waals surface area contributed by atoms with E-state index in [2.05, 4.69) is 70.3 Å². The number of ether oxygens (including phenoxy) is 1. The van der Waals surface area contributed by atoms with Crippen LogP contribution in [0.3, 0.4) is 0 Å². The summed E-state index contributed by atoms with van der Waals surface area (Å²) in [5.74, 6) is 0.910. The second-order valence-electron chi connectivity index (χ2n) is 6.61. The van der Waals surface area contributed by atoms with Gasteiger partial charge in [0.1, 0.15) is 5.75 Å². The van der Waals surface area contributed by atoms with Gasteiger partial charge >= 0.3 is 0 Å². The quantitative estimate of drug-likeness (QED) is 0.700. The van der Waals surface area contributed by atoms with Crippen LogP contribution in [0.1, 0.15) is 29.3 Å². The molecular formula is C22H24N2O. The molecule has 0 N–H and O–H groups in total. The molecule has 0 unspecified atom stereocenters. The maximum absolute atomic E-state index is 5.29. The van der Waals surface area contributed by atoms with E-state index in [0.717, 1.165) is 25.4 Å². The van der Waals surface area contributed by atoms with E-state index in [1.807, 2.05) is 12.1 Å². The molecule has 4 rings (SSSR count). The van der Waals surface area contributed by atoms with Gasteiger partial charge in [0, 0.05) is 31.5 Å². The number of nitrogens with zero attached hydrogens (tertiary/aromatic N) is 2. The first-order chi connectivity index (χ1) is 12.3. The summed E-state index contributed by atoms with van der Waals surface area (Å²) in [6, 6.07) is 24.0. The Kier molecular flexibility index (Phi) is 4.57. The predicted molar refractivity (Wildman–Crippen MR) is 101 cm³/mol. The normalized spacial score (nSPS) is 17.7. The monoisotopic (exact) mass is 332 g/mol. The van der Waals surface area contributed by atoms with Gasteiger partial charge in [0.2, 0.25) is 0 Å². The molecule has 0 radical (unpaired) electrons. The lowest BCUT2D eigenvalue weighted by atomic mass is 10.0. The van der Waals surface area contributed by atoms with Crippen LogP contribution < -0.4 is 4.74 Å². The van der Waals surface area contributed by atoms with Gasteiger partial charge in [-0.25, -0.2) is 0 Å². The molecule has 3 heteroatoms. The van der Waals surface area contributed by atoms with Crippen molar-refractivity contribution in [3.05, 3.63) is 89.7 Å². The zero-order valence-corrected chi connectivity index (χ0v) is 14.6. The third-order valence-corrected chi connectivity index (χ3v) is 5.01. The van der Waals surface area contributed by atoms with E-state index < -0.39 is 0 Å². The van der Waals surface area contributed by atoms with Crippen molar-refractivity contribution in [3.8, 4) is 5.75 Å². The molecule has 3 aromatic rings. The fourth-order valence-corrected chi connectivity index (χ4v) is 3.79.